The number of unbranched alkanes of at least 4 members (excludes halogenated alkanes) is 2. The van der Waals surface area contributed by atoms with Crippen molar-refractivity contribution in [3.05, 3.63) is 155 Å². The number of nitrogens with two attached hydrogens (primary N) is 1. The molecular weight excluding hydrogens is 1270 g/mol. The number of imide groups is 1. The Hall–Kier alpha value is -8.91. The van der Waals surface area contributed by atoms with E-state index in [1.54, 1.807) is 70.5 Å². The van der Waals surface area contributed by atoms with Gasteiger partial charge in [0.2, 0.25) is 26.8 Å². The van der Waals surface area contributed by atoms with Gasteiger partial charge in [-0.2, -0.15) is 0 Å². The summed E-state index contributed by atoms with van der Waals surface area (Å²) in [5, 5.41) is 17.2. The molecule has 4 aliphatic rings. The molecule has 2 unspecified atom stereocenters. The first-order valence-corrected chi connectivity index (χ1v) is 32.7. The van der Waals surface area contributed by atoms with Gasteiger partial charge in [0.15, 0.2) is 0 Å². The summed E-state index contributed by atoms with van der Waals surface area (Å²) >= 11 is 13.1. The Morgan fingerprint density at radius 3 is 1.90 bits per heavy atom. The van der Waals surface area contributed by atoms with Crippen LogP contribution in [0.4, 0.5) is 32.3 Å². The Morgan fingerprint density at radius 1 is 0.710 bits per heavy atom. The summed E-state index contributed by atoms with van der Waals surface area (Å²) in [7, 11) is 1.44. The maximum Gasteiger partial charge on any atom is 0.411 e. The van der Waals surface area contributed by atoms with Crippen LogP contribution in [0.25, 0.3) is 33.7 Å². The molecule has 93 heavy (non-hydrogen) atoms. The number of hydrogen-bond acceptors (Lipinski definition) is 13. The molecule has 3 aliphatic heterocycles. The first kappa shape index (κ1) is 67.0. The molecule has 10 amide bonds. The monoisotopic (exact) mass is 1340 g/mol. The maximum absolute atomic E-state index is 14.3. The van der Waals surface area contributed by atoms with E-state index >= 15 is 0 Å². The summed E-state index contributed by atoms with van der Waals surface area (Å²) < 4.78 is 17.0. The van der Waals surface area contributed by atoms with Crippen LogP contribution in [0.15, 0.2) is 127 Å². The fourth-order valence-corrected chi connectivity index (χ4v) is 13.1. The van der Waals surface area contributed by atoms with Crippen molar-refractivity contribution in [2.75, 3.05) is 64.9 Å². The molecule has 26 heteroatoms. The number of alkyl halides is 2. The van der Waals surface area contributed by atoms with Crippen LogP contribution in [0.2, 0.25) is 0 Å². The minimum atomic E-state index is -1.39. The third kappa shape index (κ3) is 15.3. The van der Waals surface area contributed by atoms with Crippen molar-refractivity contribution in [1.82, 2.24) is 20.9 Å². The number of hydrogen-bond donors (Lipinski definition) is 7. The number of carbonyl (C=O) groups is 9. The second-order valence-electron chi connectivity index (χ2n) is 22.9. The van der Waals surface area contributed by atoms with E-state index in [4.69, 9.17) is 42.7 Å². The molecule has 10 rings (SSSR count). The summed E-state index contributed by atoms with van der Waals surface area (Å²) in [6.07, 6.45) is 10.8. The zero-order valence-corrected chi connectivity index (χ0v) is 54.1. The van der Waals surface area contributed by atoms with Gasteiger partial charge in [0.1, 0.15) is 29.6 Å². The molecule has 484 valence electrons. The number of anilines is 4. The number of rotatable bonds is 27. The van der Waals surface area contributed by atoms with E-state index < -0.39 is 50.3 Å². The van der Waals surface area contributed by atoms with Gasteiger partial charge in [0.25, 0.3) is 23.6 Å². The van der Waals surface area contributed by atoms with E-state index in [1.165, 1.54) is 24.3 Å². The first-order valence-electron chi connectivity index (χ1n) is 30.3. The van der Waals surface area contributed by atoms with E-state index in [2.05, 4.69) is 36.1 Å². The SMILES string of the molecule is NC(=O)NCCC[C@H](NC(=O)C1(C(=O)NCCCCCN2C(=O)C=CC2=O)CCC1)C(=O)Nc1ccc(COC(=O)Nc2cc(/C=C/C(=O)N3C[C@@H](CCl)c4c3cc(OPO)c3ccccc43)ccc2/C=C/C(=O)N2C[C@@H](CCl)c3c2cc(OP)c2ccccc32)cc1. The Bertz CT molecular complexity index is 3980. The number of ether oxygens (including phenoxy) is 1. The average Bonchev–Trinajstić information content (AvgIpc) is 1.71. The fourth-order valence-electron chi connectivity index (χ4n) is 12.1. The molecule has 0 spiro atoms. The Morgan fingerprint density at radius 2 is 1.31 bits per heavy atom. The molecule has 8 N–H and O–H groups in total. The Balaban J connectivity index is 0.815. The lowest BCUT2D eigenvalue weighted by molar-refractivity contribution is -0.151. The van der Waals surface area contributed by atoms with E-state index in [9.17, 15) is 48.0 Å². The summed E-state index contributed by atoms with van der Waals surface area (Å²) in [5.41, 5.74) is 9.00. The van der Waals surface area contributed by atoms with Gasteiger partial charge in [0.05, 0.1) is 26.5 Å². The quantitative estimate of drug-likeness (QED) is 0.00632. The highest BCUT2D eigenvalue weighted by Gasteiger charge is 2.51. The van der Waals surface area contributed by atoms with Gasteiger partial charge in [-0.25, -0.2) is 9.59 Å². The second-order valence-corrected chi connectivity index (χ2v) is 24.1. The van der Waals surface area contributed by atoms with E-state index in [1.807, 2.05) is 54.6 Å². The van der Waals surface area contributed by atoms with Gasteiger partial charge < -0.3 is 55.5 Å². The predicted octanol–water partition coefficient (Wildman–Crippen LogP) is 9.81. The Kier molecular flexibility index (Phi) is 22.1. The van der Waals surface area contributed by atoms with Gasteiger partial charge in [-0.1, -0.05) is 79.2 Å². The van der Waals surface area contributed by atoms with Crippen molar-refractivity contribution in [3.63, 3.8) is 0 Å². The topological polar surface area (TPSA) is 297 Å². The molecule has 0 bridgehead atoms. The summed E-state index contributed by atoms with van der Waals surface area (Å²) in [6, 6.07) is 28.5. The van der Waals surface area contributed by atoms with Crippen molar-refractivity contribution >= 4 is 152 Å². The highest BCUT2D eigenvalue weighted by atomic mass is 35.5. The lowest BCUT2D eigenvalue weighted by Gasteiger charge is -2.39. The molecule has 1 saturated carbocycles. The molecule has 6 aromatic rings. The van der Waals surface area contributed by atoms with Crippen LogP contribution in [-0.2, 0) is 44.9 Å². The zero-order chi connectivity index (χ0) is 65.8. The largest absolute Gasteiger partial charge is 0.480 e. The van der Waals surface area contributed by atoms with E-state index in [-0.39, 0.29) is 105 Å². The average molecular weight is 1340 g/mol. The van der Waals surface area contributed by atoms with E-state index in [0.29, 0.717) is 84.0 Å². The number of amides is 10. The molecule has 6 aromatic carbocycles. The van der Waals surface area contributed by atoms with Crippen LogP contribution in [0.3, 0.4) is 0 Å². The van der Waals surface area contributed by atoms with Gasteiger partial charge in [-0.15, -0.1) is 23.2 Å². The van der Waals surface area contributed by atoms with Crippen molar-refractivity contribution in [1.29, 1.82) is 0 Å². The molecule has 1 aliphatic carbocycles. The van der Waals surface area contributed by atoms with Crippen LogP contribution >= 0.6 is 41.7 Å². The number of urea groups is 1. The van der Waals surface area contributed by atoms with Crippen LogP contribution in [-0.4, -0.2) is 114 Å². The third-order valence-electron chi connectivity index (χ3n) is 17.1. The molecular formula is C67H69Cl2N9O13P2. The number of halogens is 2. The highest BCUT2D eigenvalue weighted by molar-refractivity contribution is 7.25. The minimum absolute atomic E-state index is 0.0819. The van der Waals surface area contributed by atoms with Crippen LogP contribution in [0.5, 0.6) is 11.5 Å². The van der Waals surface area contributed by atoms with Crippen molar-refractivity contribution in [3.8, 4) is 11.5 Å². The number of fused-ring (bicyclic) bond motifs is 6. The van der Waals surface area contributed by atoms with Gasteiger partial charge >= 0.3 is 12.1 Å². The van der Waals surface area contributed by atoms with Gasteiger partial charge in [0, 0.05) is 109 Å². The zero-order valence-electron chi connectivity index (χ0n) is 50.4. The number of nitrogens with one attached hydrogen (secondary N) is 5. The molecule has 1 fully saturated rings. The molecule has 0 radical (unpaired) electrons. The lowest BCUT2D eigenvalue weighted by Crippen LogP contribution is -2.58. The smallest absolute Gasteiger partial charge is 0.411 e. The van der Waals surface area contributed by atoms with Crippen LogP contribution in [0, 0.1) is 5.41 Å². The first-order chi connectivity index (χ1) is 45.0. The van der Waals surface area contributed by atoms with Crippen LogP contribution in [0.1, 0.15) is 91.0 Å². The molecule has 5 atom stereocenters. The van der Waals surface area contributed by atoms with Crippen LogP contribution < -0.4 is 51.2 Å². The predicted molar refractivity (Wildman–Crippen MR) is 362 cm³/mol. The molecule has 22 nitrogen and oxygen atoms in total. The summed E-state index contributed by atoms with van der Waals surface area (Å²) in [6.45, 7) is 1.03. The van der Waals surface area contributed by atoms with Crippen molar-refractivity contribution < 1.29 is 61.8 Å². The molecule has 0 aromatic heterocycles. The number of carbonyl (C=O) groups excluding carboxylic acids is 9. The standard InChI is InChI=1S/C67H69Cl2N9O13P2/c68-35-43-37-77(52-33-54(90-92)46-10-2-4-12-48(46)60(43)52)59(82)24-20-42-19-15-40(18-23-58(81)78-38-44(36-69)61-49-13-5-3-11-47(49)55(91-93-88)34-53(61)78)32-51(42)75-66(87)89-39-41-16-21-45(22-17-41)73-62(83)50(14-8-30-72-65(70)86)74-64(85)67(27-9-28-67)63(84)71-29-6-1-7-31-76-56(79)25-26-57(76)80/h2-5,10-13,15-26,32-34,43-44,50,88,93H,1,6-9,14,27-31,35-39,92H2,(H,71,84)(H,73,83)(H,74,85)(H,75,87)(H3,70,72,86)/b23-18+,24-20+/t43-,44-,50+/m1/s1. The van der Waals surface area contributed by atoms with Crippen molar-refractivity contribution in [2.24, 2.45) is 11.1 Å². The van der Waals surface area contributed by atoms with Crippen molar-refractivity contribution in [2.45, 2.75) is 75.9 Å². The second kappa shape index (κ2) is 30.7. The normalized spacial score (nSPS) is 16.6. The number of primary amides is 1. The molecule has 0 saturated heterocycles. The van der Waals surface area contributed by atoms with E-state index in [0.717, 1.165) is 37.6 Å². The third-order valence-corrected chi connectivity index (χ3v) is 18.4. The summed E-state index contributed by atoms with van der Waals surface area (Å²) in [5.74, 6) is -1.94. The summed E-state index contributed by atoms with van der Waals surface area (Å²) in [4.78, 5) is 133. The lowest BCUT2D eigenvalue weighted by atomic mass is 9.67. The van der Waals surface area contributed by atoms with Gasteiger partial charge in [-0.05, 0) is 114 Å². The fraction of sp³-hybridized carbons (Fsp3) is 0.299. The van der Waals surface area contributed by atoms with Gasteiger partial charge in [-0.3, -0.25) is 43.8 Å². The minimum Gasteiger partial charge on any atom is -0.480 e. The molecule has 3 heterocycles. The Labute approximate surface area is 550 Å². The number of benzene rings is 6. The maximum atomic E-state index is 14.3. The number of nitrogens with zero attached hydrogens (tertiary/aromatic N) is 3. The highest BCUT2D eigenvalue weighted by Crippen LogP contribution is 2.48.